The van der Waals surface area contributed by atoms with Gasteiger partial charge < -0.3 is 14.0 Å². The number of esters is 1. The number of benzene rings is 2. The van der Waals surface area contributed by atoms with E-state index in [0.29, 0.717) is 24.0 Å². The SMILES string of the molecule is CCOC(=O)Cc1c(Cl)nc(-c2ccccc2)n1Cc1ccc(OC)c(C)c1. The van der Waals surface area contributed by atoms with E-state index in [1.165, 1.54) is 0 Å². The van der Waals surface area contributed by atoms with E-state index in [9.17, 15) is 4.79 Å². The molecular weight excluding hydrogens is 376 g/mol. The van der Waals surface area contributed by atoms with Crippen LogP contribution in [0.3, 0.4) is 0 Å². The molecule has 0 unspecified atom stereocenters. The highest BCUT2D eigenvalue weighted by atomic mass is 35.5. The van der Waals surface area contributed by atoms with Crippen LogP contribution in [0.4, 0.5) is 0 Å². The summed E-state index contributed by atoms with van der Waals surface area (Å²) in [5.74, 6) is 1.23. The van der Waals surface area contributed by atoms with E-state index in [2.05, 4.69) is 11.1 Å². The Bertz CT molecular complexity index is 967. The van der Waals surface area contributed by atoms with Crippen LogP contribution in [-0.2, 0) is 22.5 Å². The average molecular weight is 399 g/mol. The van der Waals surface area contributed by atoms with Crippen LogP contribution in [0.2, 0.25) is 5.15 Å². The highest BCUT2D eigenvalue weighted by Gasteiger charge is 2.20. The topological polar surface area (TPSA) is 53.3 Å². The zero-order valence-corrected chi connectivity index (χ0v) is 17.0. The number of hydrogen-bond donors (Lipinski definition) is 0. The summed E-state index contributed by atoms with van der Waals surface area (Å²) in [4.78, 5) is 16.7. The molecule has 28 heavy (non-hydrogen) atoms. The molecule has 0 aliphatic carbocycles. The summed E-state index contributed by atoms with van der Waals surface area (Å²) in [7, 11) is 1.66. The predicted octanol–water partition coefficient (Wildman–Crippen LogP) is 4.67. The first-order valence-corrected chi connectivity index (χ1v) is 9.50. The summed E-state index contributed by atoms with van der Waals surface area (Å²) in [6.45, 7) is 4.64. The molecule has 0 aliphatic heterocycles. The average Bonchev–Trinajstić information content (AvgIpc) is 2.98. The number of aromatic nitrogens is 2. The fraction of sp³-hybridized carbons (Fsp3) is 0.273. The molecule has 2 aromatic carbocycles. The number of halogens is 1. The third-order valence-corrected chi connectivity index (χ3v) is 4.78. The maximum atomic E-state index is 12.1. The van der Waals surface area contributed by atoms with Crippen molar-refractivity contribution in [1.82, 2.24) is 9.55 Å². The van der Waals surface area contributed by atoms with Gasteiger partial charge in [0.05, 0.1) is 25.8 Å². The summed E-state index contributed by atoms with van der Waals surface area (Å²) in [5, 5.41) is 0.317. The molecule has 146 valence electrons. The first-order chi connectivity index (χ1) is 13.5. The predicted molar refractivity (Wildman–Crippen MR) is 110 cm³/mol. The number of rotatable bonds is 7. The van der Waals surface area contributed by atoms with E-state index in [4.69, 9.17) is 21.1 Å². The summed E-state index contributed by atoms with van der Waals surface area (Å²) in [6, 6.07) is 15.8. The molecule has 0 saturated heterocycles. The lowest BCUT2D eigenvalue weighted by Gasteiger charge is -2.14. The fourth-order valence-electron chi connectivity index (χ4n) is 3.17. The highest BCUT2D eigenvalue weighted by Crippen LogP contribution is 2.28. The molecule has 1 aromatic heterocycles. The normalized spacial score (nSPS) is 10.7. The van der Waals surface area contributed by atoms with Gasteiger partial charge in [0.15, 0.2) is 5.15 Å². The molecule has 0 saturated carbocycles. The lowest BCUT2D eigenvalue weighted by Crippen LogP contribution is -2.13. The van der Waals surface area contributed by atoms with Gasteiger partial charge in [-0.15, -0.1) is 0 Å². The summed E-state index contributed by atoms with van der Waals surface area (Å²) < 4.78 is 12.4. The van der Waals surface area contributed by atoms with E-state index < -0.39 is 0 Å². The molecular formula is C22H23ClN2O3. The van der Waals surface area contributed by atoms with Crippen molar-refractivity contribution in [2.24, 2.45) is 0 Å². The minimum Gasteiger partial charge on any atom is -0.496 e. The number of nitrogens with zero attached hydrogens (tertiary/aromatic N) is 2. The number of carbonyl (C=O) groups excluding carboxylic acids is 1. The largest absolute Gasteiger partial charge is 0.496 e. The zero-order valence-electron chi connectivity index (χ0n) is 16.2. The van der Waals surface area contributed by atoms with Crippen LogP contribution >= 0.6 is 11.6 Å². The number of hydrogen-bond acceptors (Lipinski definition) is 4. The Kier molecular flexibility index (Phi) is 6.37. The number of aryl methyl sites for hydroxylation is 1. The smallest absolute Gasteiger partial charge is 0.311 e. The molecule has 6 heteroatoms. The van der Waals surface area contributed by atoms with Crippen molar-refractivity contribution in [3.8, 4) is 17.1 Å². The van der Waals surface area contributed by atoms with E-state index in [-0.39, 0.29) is 12.4 Å². The Labute approximate surface area is 169 Å². The number of ether oxygens (including phenoxy) is 2. The van der Waals surface area contributed by atoms with Crippen LogP contribution in [0.25, 0.3) is 11.4 Å². The van der Waals surface area contributed by atoms with Crippen molar-refractivity contribution in [2.45, 2.75) is 26.8 Å². The maximum absolute atomic E-state index is 12.1. The Morgan fingerprint density at radius 2 is 1.93 bits per heavy atom. The van der Waals surface area contributed by atoms with Gasteiger partial charge in [0.25, 0.3) is 0 Å². The third kappa shape index (κ3) is 4.37. The molecule has 1 heterocycles. The maximum Gasteiger partial charge on any atom is 0.311 e. The van der Waals surface area contributed by atoms with Crippen molar-refractivity contribution < 1.29 is 14.3 Å². The van der Waals surface area contributed by atoms with E-state index >= 15 is 0 Å². The molecule has 5 nitrogen and oxygen atoms in total. The highest BCUT2D eigenvalue weighted by molar-refractivity contribution is 6.30. The summed E-state index contributed by atoms with van der Waals surface area (Å²) in [6.07, 6.45) is 0.0711. The Morgan fingerprint density at radius 1 is 1.18 bits per heavy atom. The van der Waals surface area contributed by atoms with Crippen molar-refractivity contribution in [2.75, 3.05) is 13.7 Å². The molecule has 0 radical (unpaired) electrons. The lowest BCUT2D eigenvalue weighted by molar-refractivity contribution is -0.142. The van der Waals surface area contributed by atoms with Crippen LogP contribution in [0.1, 0.15) is 23.7 Å². The minimum absolute atomic E-state index is 0.0711. The van der Waals surface area contributed by atoms with E-state index in [1.807, 2.05) is 54.0 Å². The van der Waals surface area contributed by atoms with Crippen LogP contribution in [0.15, 0.2) is 48.5 Å². The third-order valence-electron chi connectivity index (χ3n) is 4.47. The fourth-order valence-corrected chi connectivity index (χ4v) is 3.42. The lowest BCUT2D eigenvalue weighted by atomic mass is 10.1. The quantitative estimate of drug-likeness (QED) is 0.542. The molecule has 0 atom stereocenters. The second kappa shape index (κ2) is 8.93. The van der Waals surface area contributed by atoms with Crippen LogP contribution in [-0.4, -0.2) is 29.2 Å². The molecule has 3 aromatic rings. The Morgan fingerprint density at radius 3 is 2.57 bits per heavy atom. The molecule has 0 aliphatic rings. The van der Waals surface area contributed by atoms with E-state index in [1.54, 1.807) is 14.0 Å². The molecule has 0 fully saturated rings. The van der Waals surface area contributed by atoms with Crippen molar-refractivity contribution in [1.29, 1.82) is 0 Å². The molecule has 0 bridgehead atoms. The number of methoxy groups -OCH3 is 1. The van der Waals surface area contributed by atoms with Crippen LogP contribution in [0, 0.1) is 6.92 Å². The molecule has 0 amide bonds. The standard InChI is InChI=1S/C22H23ClN2O3/c1-4-28-20(26)13-18-21(23)24-22(17-8-6-5-7-9-17)25(18)14-16-10-11-19(27-3)15(2)12-16/h5-12H,4,13-14H2,1-3H3. The van der Waals surface area contributed by atoms with Gasteiger partial charge in [-0.1, -0.05) is 54.1 Å². The van der Waals surface area contributed by atoms with Crippen molar-refractivity contribution in [3.63, 3.8) is 0 Å². The van der Waals surface area contributed by atoms with Crippen LogP contribution in [0.5, 0.6) is 5.75 Å². The molecule has 3 rings (SSSR count). The first kappa shape index (κ1) is 20.0. The number of imidazole rings is 1. The van der Waals surface area contributed by atoms with Crippen molar-refractivity contribution >= 4 is 17.6 Å². The van der Waals surface area contributed by atoms with Gasteiger partial charge in [0.1, 0.15) is 11.6 Å². The summed E-state index contributed by atoms with van der Waals surface area (Å²) in [5.41, 5.74) is 3.69. The van der Waals surface area contributed by atoms with Gasteiger partial charge in [-0.2, -0.15) is 0 Å². The zero-order chi connectivity index (χ0) is 20.1. The monoisotopic (exact) mass is 398 g/mol. The van der Waals surface area contributed by atoms with Gasteiger partial charge >= 0.3 is 5.97 Å². The molecule has 0 spiro atoms. The first-order valence-electron chi connectivity index (χ1n) is 9.13. The van der Waals surface area contributed by atoms with Gasteiger partial charge in [-0.05, 0) is 31.0 Å². The van der Waals surface area contributed by atoms with Crippen molar-refractivity contribution in [3.05, 3.63) is 70.5 Å². The second-order valence-corrected chi connectivity index (χ2v) is 6.77. The Balaban J connectivity index is 2.05. The van der Waals surface area contributed by atoms with Gasteiger partial charge in [-0.25, -0.2) is 4.98 Å². The van der Waals surface area contributed by atoms with E-state index in [0.717, 1.165) is 28.3 Å². The van der Waals surface area contributed by atoms with Gasteiger partial charge in [0, 0.05) is 12.1 Å². The second-order valence-electron chi connectivity index (χ2n) is 6.41. The summed E-state index contributed by atoms with van der Waals surface area (Å²) >= 11 is 6.43. The van der Waals surface area contributed by atoms with Gasteiger partial charge in [0.2, 0.25) is 0 Å². The number of carbonyl (C=O) groups is 1. The Hall–Kier alpha value is -2.79. The molecule has 0 N–H and O–H groups in total. The van der Waals surface area contributed by atoms with Crippen LogP contribution < -0.4 is 4.74 Å². The van der Waals surface area contributed by atoms with Gasteiger partial charge in [-0.3, -0.25) is 4.79 Å². The minimum atomic E-state index is -0.323.